The largest absolute Gasteiger partial charge is 0.373 e. The minimum Gasteiger partial charge on any atom is -0.373 e. The first-order valence-corrected chi connectivity index (χ1v) is 11.6. The molecule has 1 aromatic carbocycles. The molecule has 7 nitrogen and oxygen atoms in total. The minimum atomic E-state index is -0.00556. The van der Waals surface area contributed by atoms with Crippen molar-refractivity contribution >= 4 is 23.2 Å². The van der Waals surface area contributed by atoms with E-state index < -0.39 is 0 Å². The number of hydrogen-bond donors (Lipinski definition) is 1. The van der Waals surface area contributed by atoms with Crippen LogP contribution in [-0.2, 0) is 22.6 Å². The van der Waals surface area contributed by atoms with Gasteiger partial charge in [0.25, 0.3) is 0 Å². The molecule has 166 valence electrons. The molecule has 1 amide bonds. The molecule has 2 saturated heterocycles. The molecule has 4 rings (SSSR count). The molecule has 2 atom stereocenters. The lowest BCUT2D eigenvalue weighted by atomic mass is 10.1. The highest BCUT2D eigenvalue weighted by atomic mass is 32.1. The predicted octanol–water partition coefficient (Wildman–Crippen LogP) is 1.87. The summed E-state index contributed by atoms with van der Waals surface area (Å²) in [6.07, 6.45) is 0.149. The second-order valence-corrected chi connectivity index (χ2v) is 9.23. The average Bonchev–Trinajstić information content (AvgIpc) is 3.44. The van der Waals surface area contributed by atoms with E-state index in [4.69, 9.17) is 4.74 Å². The number of fused-ring (bicyclic) bond motifs is 1. The van der Waals surface area contributed by atoms with Crippen molar-refractivity contribution in [1.29, 1.82) is 0 Å². The first-order valence-electron chi connectivity index (χ1n) is 10.8. The number of nitrogens with one attached hydrogen (secondary N) is 1. The van der Waals surface area contributed by atoms with Crippen LogP contribution in [0.15, 0.2) is 52.8 Å². The van der Waals surface area contributed by atoms with Gasteiger partial charge in [0.2, 0.25) is 5.91 Å². The second kappa shape index (κ2) is 10.3. The molecule has 0 aliphatic carbocycles. The maximum Gasteiger partial charge on any atom is 0.243 e. The topological polar surface area (TPSA) is 60.4 Å². The number of amides is 1. The minimum absolute atomic E-state index is 0.00556. The monoisotopic (exact) mass is 441 g/mol. The van der Waals surface area contributed by atoms with E-state index in [1.807, 2.05) is 6.07 Å². The number of ether oxygens (including phenoxy) is 1. The first-order chi connectivity index (χ1) is 15.1. The first kappa shape index (κ1) is 21.8. The van der Waals surface area contributed by atoms with Crippen molar-refractivity contribution in [2.24, 2.45) is 4.99 Å². The van der Waals surface area contributed by atoms with Crippen molar-refractivity contribution in [3.63, 3.8) is 0 Å². The summed E-state index contributed by atoms with van der Waals surface area (Å²) in [5, 5.41) is 5.55. The molecule has 2 unspecified atom stereocenters. The van der Waals surface area contributed by atoms with E-state index in [0.717, 1.165) is 38.7 Å². The Morgan fingerprint density at radius 3 is 2.81 bits per heavy atom. The third kappa shape index (κ3) is 5.64. The number of rotatable bonds is 6. The van der Waals surface area contributed by atoms with Crippen LogP contribution >= 0.6 is 11.3 Å². The average molecular weight is 442 g/mol. The number of carbonyl (C=O) groups excluding carboxylic acids is 1. The van der Waals surface area contributed by atoms with Gasteiger partial charge in [0.1, 0.15) is 6.54 Å². The maximum absolute atomic E-state index is 12.1. The van der Waals surface area contributed by atoms with E-state index in [-0.39, 0.29) is 18.6 Å². The van der Waals surface area contributed by atoms with Crippen LogP contribution < -0.4 is 5.32 Å². The highest BCUT2D eigenvalue weighted by molar-refractivity contribution is 7.09. The lowest BCUT2D eigenvalue weighted by Gasteiger charge is -2.36. The molecule has 0 radical (unpaired) electrons. The van der Waals surface area contributed by atoms with Gasteiger partial charge < -0.3 is 19.9 Å². The number of carbonyl (C=O) groups is 1. The number of benzene rings is 1. The molecule has 2 aromatic rings. The van der Waals surface area contributed by atoms with E-state index in [0.29, 0.717) is 12.6 Å². The normalized spacial score (nSPS) is 21.7. The summed E-state index contributed by atoms with van der Waals surface area (Å²) in [5.74, 6) is 0.773. The van der Waals surface area contributed by atoms with E-state index >= 15 is 0 Å². The van der Waals surface area contributed by atoms with Crippen LogP contribution in [0, 0.1) is 0 Å². The third-order valence-electron chi connectivity index (χ3n) is 5.81. The predicted molar refractivity (Wildman–Crippen MR) is 124 cm³/mol. The van der Waals surface area contributed by atoms with Crippen molar-refractivity contribution in [2.75, 3.05) is 46.9 Å². The van der Waals surface area contributed by atoms with Crippen molar-refractivity contribution in [3.8, 4) is 0 Å². The quantitative estimate of drug-likeness (QED) is 0.548. The number of thiophene rings is 1. The molecule has 31 heavy (non-hydrogen) atoms. The summed E-state index contributed by atoms with van der Waals surface area (Å²) in [5.41, 5.74) is 1.32. The molecule has 0 spiro atoms. The Morgan fingerprint density at radius 2 is 2.06 bits per heavy atom. The van der Waals surface area contributed by atoms with Gasteiger partial charge >= 0.3 is 0 Å². The molecular formula is C23H31N5O2S. The van der Waals surface area contributed by atoms with E-state index in [1.54, 1.807) is 30.3 Å². The van der Waals surface area contributed by atoms with Gasteiger partial charge in [0.05, 0.1) is 25.3 Å². The Bertz CT molecular complexity index is 871. The number of guanidine groups is 1. The zero-order valence-corrected chi connectivity index (χ0v) is 19.1. The van der Waals surface area contributed by atoms with Crippen molar-refractivity contribution in [2.45, 2.75) is 25.2 Å². The highest BCUT2D eigenvalue weighted by Crippen LogP contribution is 2.25. The Morgan fingerprint density at radius 1 is 1.23 bits per heavy atom. The van der Waals surface area contributed by atoms with Crippen LogP contribution in [0.4, 0.5) is 0 Å². The Hall–Kier alpha value is -2.42. The molecule has 0 saturated carbocycles. The number of likely N-dealkylation sites (N-methyl/N-ethyl adjacent to an activating group) is 1. The summed E-state index contributed by atoms with van der Waals surface area (Å²) in [4.78, 5) is 24.4. The fourth-order valence-corrected chi connectivity index (χ4v) is 4.72. The molecular weight excluding hydrogens is 410 g/mol. The maximum atomic E-state index is 12.1. The van der Waals surface area contributed by atoms with Gasteiger partial charge in [-0.25, -0.2) is 4.99 Å². The van der Waals surface area contributed by atoms with Crippen LogP contribution in [0.2, 0.25) is 0 Å². The van der Waals surface area contributed by atoms with Gasteiger partial charge in [0.15, 0.2) is 5.96 Å². The van der Waals surface area contributed by atoms with Crippen molar-refractivity contribution < 1.29 is 9.53 Å². The zero-order chi connectivity index (χ0) is 21.6. The molecule has 3 heterocycles. The Balaban J connectivity index is 1.46. The zero-order valence-electron chi connectivity index (χ0n) is 18.2. The summed E-state index contributed by atoms with van der Waals surface area (Å²) in [6.45, 7) is 5.06. The molecule has 2 aliphatic heterocycles. The Kier molecular flexibility index (Phi) is 7.21. The SMILES string of the molecule is CN(C)C(=O)CN=C(NCc1cccs1)N1CC2OCCN(Cc3ccccc3)C2C1. The number of nitrogens with zero attached hydrogens (tertiary/aromatic N) is 4. The van der Waals surface area contributed by atoms with Crippen LogP contribution in [0.5, 0.6) is 0 Å². The highest BCUT2D eigenvalue weighted by Gasteiger charge is 2.41. The summed E-state index contributed by atoms with van der Waals surface area (Å²) >= 11 is 1.71. The van der Waals surface area contributed by atoms with Gasteiger partial charge in [-0.1, -0.05) is 36.4 Å². The molecule has 1 N–H and O–H groups in total. The fourth-order valence-electron chi connectivity index (χ4n) is 4.08. The third-order valence-corrected chi connectivity index (χ3v) is 6.68. The van der Waals surface area contributed by atoms with Gasteiger partial charge in [0, 0.05) is 45.2 Å². The van der Waals surface area contributed by atoms with E-state index in [9.17, 15) is 4.79 Å². The lowest BCUT2D eigenvalue weighted by Crippen LogP contribution is -2.50. The molecule has 2 aliphatic rings. The van der Waals surface area contributed by atoms with Gasteiger partial charge in [-0.3, -0.25) is 9.69 Å². The second-order valence-electron chi connectivity index (χ2n) is 8.20. The smallest absolute Gasteiger partial charge is 0.243 e. The number of morpholine rings is 1. The van der Waals surface area contributed by atoms with Crippen molar-refractivity contribution in [1.82, 2.24) is 20.0 Å². The number of likely N-dealkylation sites (tertiary alicyclic amines) is 1. The molecule has 0 bridgehead atoms. The van der Waals surface area contributed by atoms with Crippen LogP contribution in [0.3, 0.4) is 0 Å². The molecule has 2 fully saturated rings. The lowest BCUT2D eigenvalue weighted by molar-refractivity contribution is -0.127. The van der Waals surface area contributed by atoms with Crippen LogP contribution in [0.1, 0.15) is 10.4 Å². The van der Waals surface area contributed by atoms with Gasteiger partial charge in [-0.05, 0) is 17.0 Å². The number of hydrogen-bond acceptors (Lipinski definition) is 5. The fraction of sp³-hybridized carbons (Fsp3) is 0.478. The Labute approximate surface area is 188 Å². The van der Waals surface area contributed by atoms with Crippen molar-refractivity contribution in [3.05, 3.63) is 58.3 Å². The number of aliphatic imine (C=N–C) groups is 1. The van der Waals surface area contributed by atoms with Crippen LogP contribution in [0.25, 0.3) is 0 Å². The van der Waals surface area contributed by atoms with Crippen LogP contribution in [-0.4, -0.2) is 85.6 Å². The molecule has 8 heteroatoms. The summed E-state index contributed by atoms with van der Waals surface area (Å²) in [7, 11) is 3.52. The standard InChI is InChI=1S/C23H31N5O2S/c1-26(2)22(29)14-25-23(24-13-19-9-6-12-31-19)28-16-20-21(17-28)30-11-10-27(20)15-18-7-4-3-5-8-18/h3-9,12,20-21H,10-11,13-17H2,1-2H3,(H,24,25). The van der Waals surface area contributed by atoms with Gasteiger partial charge in [-0.2, -0.15) is 0 Å². The van der Waals surface area contributed by atoms with E-state index in [1.165, 1.54) is 10.4 Å². The molecule has 1 aromatic heterocycles. The summed E-state index contributed by atoms with van der Waals surface area (Å²) < 4.78 is 6.13. The van der Waals surface area contributed by atoms with Gasteiger partial charge in [-0.15, -0.1) is 11.3 Å². The summed E-state index contributed by atoms with van der Waals surface area (Å²) in [6, 6.07) is 15.1. The van der Waals surface area contributed by atoms with E-state index in [2.05, 4.69) is 61.9 Å².